The molecule has 0 N–H and O–H groups in total. The quantitative estimate of drug-likeness (QED) is 0.853. The molecule has 2 heterocycles. The third-order valence-corrected chi connectivity index (χ3v) is 5.64. The number of rotatable bonds is 3. The lowest BCUT2D eigenvalue weighted by Crippen LogP contribution is -2.48. The SMILES string of the molecule is Cc1cccc(S(=O)(=O)N2CCN(c3cccnn3)CC2)c1. The highest BCUT2D eigenvalue weighted by molar-refractivity contribution is 7.89. The third-order valence-electron chi connectivity index (χ3n) is 3.75. The summed E-state index contributed by atoms with van der Waals surface area (Å²) in [6, 6.07) is 10.8. The molecule has 22 heavy (non-hydrogen) atoms. The van der Waals surface area contributed by atoms with E-state index in [0.717, 1.165) is 11.4 Å². The number of piperazine rings is 1. The minimum absolute atomic E-state index is 0.362. The molecule has 3 rings (SSSR count). The molecule has 1 aliphatic heterocycles. The molecule has 7 heteroatoms. The molecule has 0 spiro atoms. The summed E-state index contributed by atoms with van der Waals surface area (Å²) in [6.07, 6.45) is 1.63. The Labute approximate surface area is 130 Å². The fourth-order valence-corrected chi connectivity index (χ4v) is 4.07. The Morgan fingerprint density at radius 1 is 1.05 bits per heavy atom. The van der Waals surface area contributed by atoms with Crippen LogP contribution in [0.25, 0.3) is 0 Å². The molecule has 1 aromatic heterocycles. The van der Waals surface area contributed by atoms with Crippen molar-refractivity contribution in [2.75, 3.05) is 31.1 Å². The number of sulfonamides is 1. The average molecular weight is 318 g/mol. The lowest BCUT2D eigenvalue weighted by molar-refractivity contribution is 0.383. The fourth-order valence-electron chi connectivity index (χ4n) is 2.54. The van der Waals surface area contributed by atoms with Crippen LogP contribution in [0.4, 0.5) is 5.82 Å². The smallest absolute Gasteiger partial charge is 0.243 e. The van der Waals surface area contributed by atoms with Crippen LogP contribution in [-0.2, 0) is 10.0 Å². The highest BCUT2D eigenvalue weighted by atomic mass is 32.2. The monoisotopic (exact) mass is 318 g/mol. The number of anilines is 1. The first-order chi connectivity index (χ1) is 10.6. The second-order valence-corrected chi connectivity index (χ2v) is 7.23. The summed E-state index contributed by atoms with van der Waals surface area (Å²) in [5, 5.41) is 7.93. The molecule has 2 aromatic rings. The van der Waals surface area contributed by atoms with Gasteiger partial charge in [-0.2, -0.15) is 9.40 Å². The maximum atomic E-state index is 12.7. The number of aryl methyl sites for hydroxylation is 1. The summed E-state index contributed by atoms with van der Waals surface area (Å²) < 4.78 is 26.9. The van der Waals surface area contributed by atoms with E-state index < -0.39 is 10.0 Å². The number of aromatic nitrogens is 2. The van der Waals surface area contributed by atoms with Crippen molar-refractivity contribution in [3.63, 3.8) is 0 Å². The summed E-state index contributed by atoms with van der Waals surface area (Å²) in [4.78, 5) is 2.41. The number of benzene rings is 1. The van der Waals surface area contributed by atoms with Crippen LogP contribution in [0.2, 0.25) is 0 Å². The van der Waals surface area contributed by atoms with Crippen LogP contribution < -0.4 is 4.90 Å². The molecule has 0 bridgehead atoms. The van der Waals surface area contributed by atoms with Crippen LogP contribution in [-0.4, -0.2) is 49.1 Å². The van der Waals surface area contributed by atoms with Crippen molar-refractivity contribution in [3.8, 4) is 0 Å². The summed E-state index contributed by atoms with van der Waals surface area (Å²) in [6.45, 7) is 4.03. The minimum atomic E-state index is -3.42. The fraction of sp³-hybridized carbons (Fsp3) is 0.333. The highest BCUT2D eigenvalue weighted by Gasteiger charge is 2.28. The summed E-state index contributed by atoms with van der Waals surface area (Å²) in [5.41, 5.74) is 0.944. The molecule has 0 radical (unpaired) electrons. The van der Waals surface area contributed by atoms with E-state index in [1.54, 1.807) is 24.4 Å². The molecule has 1 saturated heterocycles. The van der Waals surface area contributed by atoms with Gasteiger partial charge in [-0.15, -0.1) is 5.10 Å². The largest absolute Gasteiger partial charge is 0.352 e. The molecule has 1 fully saturated rings. The standard InChI is InChI=1S/C15H18N4O2S/c1-13-4-2-5-14(12-13)22(20,21)19-10-8-18(9-11-19)15-6-3-7-16-17-15/h2-7,12H,8-11H2,1H3. The van der Waals surface area contributed by atoms with Gasteiger partial charge in [0, 0.05) is 32.4 Å². The van der Waals surface area contributed by atoms with Gasteiger partial charge < -0.3 is 4.90 Å². The Morgan fingerprint density at radius 3 is 2.45 bits per heavy atom. The topological polar surface area (TPSA) is 66.4 Å². The molecular weight excluding hydrogens is 300 g/mol. The predicted molar refractivity (Wildman–Crippen MR) is 84.2 cm³/mol. The van der Waals surface area contributed by atoms with E-state index in [1.165, 1.54) is 4.31 Å². The number of hydrogen-bond acceptors (Lipinski definition) is 5. The van der Waals surface area contributed by atoms with Crippen molar-refractivity contribution < 1.29 is 8.42 Å². The lowest BCUT2D eigenvalue weighted by atomic mass is 10.2. The van der Waals surface area contributed by atoms with E-state index in [1.807, 2.05) is 25.1 Å². The molecule has 0 saturated carbocycles. The Morgan fingerprint density at radius 2 is 1.82 bits per heavy atom. The second kappa shape index (κ2) is 6.02. The van der Waals surface area contributed by atoms with Gasteiger partial charge in [-0.05, 0) is 36.8 Å². The first-order valence-corrected chi connectivity index (χ1v) is 8.61. The molecule has 0 atom stereocenters. The Balaban J connectivity index is 1.73. The summed E-state index contributed by atoms with van der Waals surface area (Å²) in [5.74, 6) is 0.787. The van der Waals surface area contributed by atoms with E-state index >= 15 is 0 Å². The number of nitrogens with zero attached hydrogens (tertiary/aromatic N) is 4. The predicted octanol–water partition coefficient (Wildman–Crippen LogP) is 1.30. The van der Waals surface area contributed by atoms with Crippen molar-refractivity contribution in [2.24, 2.45) is 0 Å². The van der Waals surface area contributed by atoms with E-state index in [2.05, 4.69) is 15.1 Å². The lowest BCUT2D eigenvalue weighted by Gasteiger charge is -2.34. The van der Waals surface area contributed by atoms with Gasteiger partial charge in [0.05, 0.1) is 4.90 Å². The van der Waals surface area contributed by atoms with Crippen molar-refractivity contribution >= 4 is 15.8 Å². The van der Waals surface area contributed by atoms with Crippen LogP contribution in [0.1, 0.15) is 5.56 Å². The summed E-state index contributed by atoms with van der Waals surface area (Å²) >= 11 is 0. The van der Waals surface area contributed by atoms with Gasteiger partial charge >= 0.3 is 0 Å². The van der Waals surface area contributed by atoms with Gasteiger partial charge in [-0.25, -0.2) is 8.42 Å². The molecule has 0 amide bonds. The number of hydrogen-bond donors (Lipinski definition) is 0. The van der Waals surface area contributed by atoms with Crippen LogP contribution in [0, 0.1) is 6.92 Å². The highest BCUT2D eigenvalue weighted by Crippen LogP contribution is 2.20. The summed E-state index contributed by atoms with van der Waals surface area (Å²) in [7, 11) is -3.42. The van der Waals surface area contributed by atoms with Gasteiger partial charge in [0.1, 0.15) is 0 Å². The van der Waals surface area contributed by atoms with Gasteiger partial charge in [-0.3, -0.25) is 0 Å². The molecule has 0 unspecified atom stereocenters. The molecular formula is C15H18N4O2S. The first-order valence-electron chi connectivity index (χ1n) is 7.17. The van der Waals surface area contributed by atoms with E-state index in [4.69, 9.17) is 0 Å². The maximum absolute atomic E-state index is 12.7. The van der Waals surface area contributed by atoms with Crippen molar-refractivity contribution in [2.45, 2.75) is 11.8 Å². The second-order valence-electron chi connectivity index (χ2n) is 5.29. The first kappa shape index (κ1) is 14.9. The molecule has 0 aliphatic carbocycles. The van der Waals surface area contributed by atoms with Crippen LogP contribution >= 0.6 is 0 Å². The van der Waals surface area contributed by atoms with Gasteiger partial charge in [0.25, 0.3) is 0 Å². The Bertz CT molecular complexity index is 741. The van der Waals surface area contributed by atoms with E-state index in [9.17, 15) is 8.42 Å². The molecule has 6 nitrogen and oxygen atoms in total. The van der Waals surface area contributed by atoms with Gasteiger partial charge in [0.2, 0.25) is 10.0 Å². The van der Waals surface area contributed by atoms with Crippen molar-refractivity contribution in [1.29, 1.82) is 0 Å². The Hall–Kier alpha value is -1.99. The van der Waals surface area contributed by atoms with E-state index in [-0.39, 0.29) is 0 Å². The average Bonchev–Trinajstić information content (AvgIpc) is 2.56. The maximum Gasteiger partial charge on any atom is 0.243 e. The Kier molecular flexibility index (Phi) is 4.08. The van der Waals surface area contributed by atoms with Crippen LogP contribution in [0.15, 0.2) is 47.5 Å². The molecule has 116 valence electrons. The van der Waals surface area contributed by atoms with Gasteiger partial charge in [0.15, 0.2) is 5.82 Å². The van der Waals surface area contributed by atoms with Gasteiger partial charge in [-0.1, -0.05) is 12.1 Å². The normalized spacial score (nSPS) is 16.7. The zero-order valence-electron chi connectivity index (χ0n) is 12.4. The minimum Gasteiger partial charge on any atom is -0.352 e. The van der Waals surface area contributed by atoms with Crippen LogP contribution in [0.5, 0.6) is 0 Å². The third kappa shape index (κ3) is 2.95. The van der Waals surface area contributed by atoms with E-state index in [0.29, 0.717) is 31.1 Å². The zero-order valence-corrected chi connectivity index (χ0v) is 13.2. The van der Waals surface area contributed by atoms with Crippen LogP contribution in [0.3, 0.4) is 0 Å². The molecule has 1 aliphatic rings. The molecule has 1 aromatic carbocycles. The van der Waals surface area contributed by atoms with Crippen molar-refractivity contribution in [1.82, 2.24) is 14.5 Å². The van der Waals surface area contributed by atoms with Crippen molar-refractivity contribution in [3.05, 3.63) is 48.2 Å². The zero-order chi connectivity index (χ0) is 15.6.